The number of Topliss-reactive ketones (excluding diaryl/α,β-unsaturated/α-hetero) is 1. The second kappa shape index (κ2) is 6.88. The molecule has 1 aromatic rings. The van der Waals surface area contributed by atoms with Gasteiger partial charge in [0.05, 0.1) is 0 Å². The van der Waals surface area contributed by atoms with Crippen molar-refractivity contribution in [1.29, 1.82) is 0 Å². The van der Waals surface area contributed by atoms with Gasteiger partial charge < -0.3 is 0 Å². The molecular formula is C18H26O. The molecule has 0 bridgehead atoms. The minimum Gasteiger partial charge on any atom is -0.299 e. The van der Waals surface area contributed by atoms with Gasteiger partial charge in [-0.1, -0.05) is 57.0 Å². The number of hydrogen-bond acceptors (Lipinski definition) is 1. The first-order chi connectivity index (χ1) is 9.24. The molecule has 1 aromatic carbocycles. The summed E-state index contributed by atoms with van der Waals surface area (Å²) in [5.41, 5.74) is 1.42. The van der Waals surface area contributed by atoms with Crippen LogP contribution in [0.5, 0.6) is 0 Å². The van der Waals surface area contributed by atoms with Gasteiger partial charge in [-0.2, -0.15) is 0 Å². The van der Waals surface area contributed by atoms with Crippen molar-refractivity contribution in [3.05, 3.63) is 35.9 Å². The highest BCUT2D eigenvalue weighted by atomic mass is 16.1. The number of rotatable bonds is 5. The van der Waals surface area contributed by atoms with E-state index in [0.717, 1.165) is 31.6 Å². The van der Waals surface area contributed by atoms with E-state index in [1.165, 1.54) is 18.4 Å². The fourth-order valence-electron chi connectivity index (χ4n) is 3.39. The Morgan fingerprint density at radius 1 is 1.16 bits per heavy atom. The van der Waals surface area contributed by atoms with Gasteiger partial charge in [-0.05, 0) is 36.7 Å². The third kappa shape index (κ3) is 3.68. The molecule has 0 spiro atoms. The summed E-state index contributed by atoms with van der Waals surface area (Å²) in [6.07, 6.45) is 6.41. The molecule has 0 N–H and O–H groups in total. The van der Waals surface area contributed by atoms with E-state index >= 15 is 0 Å². The van der Waals surface area contributed by atoms with E-state index in [0.29, 0.717) is 17.6 Å². The summed E-state index contributed by atoms with van der Waals surface area (Å²) in [7, 11) is 0. The summed E-state index contributed by atoms with van der Waals surface area (Å²) < 4.78 is 0. The Bertz CT molecular complexity index is 391. The SMILES string of the molecule is CCC(CC)CC1CC(c2ccccc2)CCC1=O. The standard InChI is InChI=1S/C18H26O/c1-3-14(4-2)12-17-13-16(10-11-18(17)19)15-8-6-5-7-9-15/h5-9,14,16-17H,3-4,10-13H2,1-2H3. The van der Waals surface area contributed by atoms with Gasteiger partial charge in [0.25, 0.3) is 0 Å². The van der Waals surface area contributed by atoms with Gasteiger partial charge >= 0.3 is 0 Å². The maximum atomic E-state index is 12.1. The fraction of sp³-hybridized carbons (Fsp3) is 0.611. The van der Waals surface area contributed by atoms with Gasteiger partial charge in [0, 0.05) is 12.3 Å². The highest BCUT2D eigenvalue weighted by Gasteiger charge is 2.30. The summed E-state index contributed by atoms with van der Waals surface area (Å²) in [5, 5.41) is 0. The van der Waals surface area contributed by atoms with Crippen molar-refractivity contribution in [2.24, 2.45) is 11.8 Å². The van der Waals surface area contributed by atoms with E-state index in [-0.39, 0.29) is 0 Å². The summed E-state index contributed by atoms with van der Waals surface area (Å²) in [6, 6.07) is 10.7. The lowest BCUT2D eigenvalue weighted by molar-refractivity contribution is -0.125. The van der Waals surface area contributed by atoms with Crippen LogP contribution in [-0.4, -0.2) is 5.78 Å². The molecule has 1 nitrogen and oxygen atoms in total. The first kappa shape index (κ1) is 14.3. The molecule has 0 aliphatic heterocycles. The van der Waals surface area contributed by atoms with Crippen LogP contribution in [0.1, 0.15) is 63.9 Å². The van der Waals surface area contributed by atoms with Crippen molar-refractivity contribution >= 4 is 5.78 Å². The lowest BCUT2D eigenvalue weighted by Gasteiger charge is -2.30. The van der Waals surface area contributed by atoms with E-state index in [9.17, 15) is 4.79 Å². The Morgan fingerprint density at radius 2 is 1.84 bits per heavy atom. The number of carbonyl (C=O) groups excluding carboxylic acids is 1. The first-order valence-corrected chi connectivity index (χ1v) is 7.82. The van der Waals surface area contributed by atoms with Crippen LogP contribution in [0, 0.1) is 11.8 Å². The van der Waals surface area contributed by atoms with Gasteiger partial charge in [0.1, 0.15) is 5.78 Å². The minimum absolute atomic E-state index is 0.309. The predicted octanol–water partition coefficient (Wildman–Crippen LogP) is 4.97. The zero-order chi connectivity index (χ0) is 13.7. The van der Waals surface area contributed by atoms with Crippen LogP contribution < -0.4 is 0 Å². The Hall–Kier alpha value is -1.11. The van der Waals surface area contributed by atoms with Gasteiger partial charge in [0.2, 0.25) is 0 Å². The van der Waals surface area contributed by atoms with Gasteiger partial charge in [-0.15, -0.1) is 0 Å². The molecule has 0 saturated heterocycles. The number of hydrogen-bond donors (Lipinski definition) is 0. The average molecular weight is 258 g/mol. The second-order valence-corrected chi connectivity index (χ2v) is 5.96. The average Bonchev–Trinajstić information content (AvgIpc) is 2.47. The molecule has 104 valence electrons. The third-order valence-electron chi connectivity index (χ3n) is 4.81. The van der Waals surface area contributed by atoms with Crippen molar-refractivity contribution in [3.8, 4) is 0 Å². The number of benzene rings is 1. The molecule has 0 heterocycles. The molecule has 1 fully saturated rings. The highest BCUT2D eigenvalue weighted by Crippen LogP contribution is 2.37. The van der Waals surface area contributed by atoms with Crippen molar-refractivity contribution < 1.29 is 4.79 Å². The molecular weight excluding hydrogens is 232 g/mol. The summed E-state index contributed by atoms with van der Waals surface area (Å²) in [6.45, 7) is 4.49. The van der Waals surface area contributed by atoms with Gasteiger partial charge in [0.15, 0.2) is 0 Å². The summed E-state index contributed by atoms with van der Waals surface area (Å²) in [5.74, 6) is 2.14. The quantitative estimate of drug-likeness (QED) is 0.729. The van der Waals surface area contributed by atoms with Crippen LogP contribution in [0.15, 0.2) is 30.3 Å². The van der Waals surface area contributed by atoms with Crippen LogP contribution in [0.2, 0.25) is 0 Å². The maximum absolute atomic E-state index is 12.1. The Morgan fingerprint density at radius 3 is 2.47 bits per heavy atom. The molecule has 2 atom stereocenters. The van der Waals surface area contributed by atoms with Gasteiger partial charge in [-0.25, -0.2) is 0 Å². The number of ketones is 1. The summed E-state index contributed by atoms with van der Waals surface area (Å²) >= 11 is 0. The lowest BCUT2D eigenvalue weighted by atomic mass is 9.73. The Balaban J connectivity index is 2.02. The normalized spacial score (nSPS) is 23.8. The maximum Gasteiger partial charge on any atom is 0.136 e. The van der Waals surface area contributed by atoms with Crippen LogP contribution in [0.3, 0.4) is 0 Å². The predicted molar refractivity (Wildman–Crippen MR) is 80.2 cm³/mol. The van der Waals surface area contributed by atoms with Gasteiger partial charge in [-0.3, -0.25) is 4.79 Å². The van der Waals surface area contributed by atoms with Crippen LogP contribution >= 0.6 is 0 Å². The lowest BCUT2D eigenvalue weighted by Crippen LogP contribution is -2.26. The van der Waals surface area contributed by atoms with Crippen molar-refractivity contribution in [1.82, 2.24) is 0 Å². The number of carbonyl (C=O) groups is 1. The molecule has 1 saturated carbocycles. The minimum atomic E-state index is 0.309. The molecule has 2 rings (SSSR count). The van der Waals surface area contributed by atoms with E-state index in [4.69, 9.17) is 0 Å². The molecule has 1 aliphatic rings. The zero-order valence-electron chi connectivity index (χ0n) is 12.3. The summed E-state index contributed by atoms with van der Waals surface area (Å²) in [4.78, 5) is 12.1. The van der Waals surface area contributed by atoms with Crippen LogP contribution in [-0.2, 0) is 4.79 Å². The largest absolute Gasteiger partial charge is 0.299 e. The molecule has 0 aromatic heterocycles. The monoisotopic (exact) mass is 258 g/mol. The van der Waals surface area contributed by atoms with E-state index in [1.807, 2.05) is 0 Å². The molecule has 0 radical (unpaired) electrons. The van der Waals surface area contributed by atoms with Crippen molar-refractivity contribution in [2.45, 2.75) is 58.3 Å². The van der Waals surface area contributed by atoms with E-state index in [1.54, 1.807) is 0 Å². The smallest absolute Gasteiger partial charge is 0.136 e. The second-order valence-electron chi connectivity index (χ2n) is 5.96. The topological polar surface area (TPSA) is 17.1 Å². The van der Waals surface area contributed by atoms with Crippen LogP contribution in [0.25, 0.3) is 0 Å². The molecule has 19 heavy (non-hydrogen) atoms. The third-order valence-corrected chi connectivity index (χ3v) is 4.81. The van der Waals surface area contributed by atoms with Crippen molar-refractivity contribution in [2.75, 3.05) is 0 Å². The van der Waals surface area contributed by atoms with E-state index in [2.05, 4.69) is 44.2 Å². The Kier molecular flexibility index (Phi) is 5.18. The molecule has 2 unspecified atom stereocenters. The molecule has 0 amide bonds. The highest BCUT2D eigenvalue weighted by molar-refractivity contribution is 5.82. The Labute approximate surface area is 117 Å². The fourth-order valence-corrected chi connectivity index (χ4v) is 3.39. The molecule has 1 aliphatic carbocycles. The molecule has 1 heteroatoms. The first-order valence-electron chi connectivity index (χ1n) is 7.82. The van der Waals surface area contributed by atoms with E-state index < -0.39 is 0 Å². The van der Waals surface area contributed by atoms with Crippen LogP contribution in [0.4, 0.5) is 0 Å². The van der Waals surface area contributed by atoms with Crippen molar-refractivity contribution in [3.63, 3.8) is 0 Å². The zero-order valence-corrected chi connectivity index (χ0v) is 12.3.